The van der Waals surface area contributed by atoms with Crippen LogP contribution in [0.15, 0.2) is 65.1 Å². The molecule has 0 saturated carbocycles. The molecule has 0 aromatic heterocycles. The molecule has 0 spiro atoms. The van der Waals surface area contributed by atoms with Crippen molar-refractivity contribution in [1.29, 1.82) is 0 Å². The van der Waals surface area contributed by atoms with Gasteiger partial charge in [-0.3, -0.25) is 14.9 Å². The van der Waals surface area contributed by atoms with Gasteiger partial charge in [0.05, 0.1) is 16.0 Å². The number of anilines is 1. The van der Waals surface area contributed by atoms with Crippen LogP contribution < -0.4 is 14.8 Å². The van der Waals surface area contributed by atoms with Gasteiger partial charge < -0.3 is 14.8 Å². The maximum absolute atomic E-state index is 12.3. The molecular formula is C24H19BrCl2N2O5. The summed E-state index contributed by atoms with van der Waals surface area (Å²) in [5.41, 5.74) is 1.48. The van der Waals surface area contributed by atoms with Crippen molar-refractivity contribution in [2.45, 2.75) is 13.5 Å². The molecule has 176 valence electrons. The standard InChI is InChI=1S/C24H19BrCl2N2O5/c1-2-33-22-12-15(11-18(25)24(22)34-14-16-5-3-4-6-19(16)26)7-10-23(30)28-17-8-9-20(27)21(13-17)29(31)32/h3-13H,2,14H2,1H3,(H,28,30)/b10-7+. The zero-order chi connectivity index (χ0) is 24.7. The van der Waals surface area contributed by atoms with E-state index < -0.39 is 10.8 Å². The van der Waals surface area contributed by atoms with Gasteiger partial charge in [0.15, 0.2) is 11.5 Å². The highest BCUT2D eigenvalue weighted by Gasteiger charge is 2.15. The summed E-state index contributed by atoms with van der Waals surface area (Å²) < 4.78 is 12.3. The Labute approximate surface area is 214 Å². The molecular weight excluding hydrogens is 547 g/mol. The van der Waals surface area contributed by atoms with Gasteiger partial charge in [0.1, 0.15) is 11.6 Å². The number of amides is 1. The number of nitro benzene ring substituents is 1. The van der Waals surface area contributed by atoms with Gasteiger partial charge in [-0.2, -0.15) is 0 Å². The predicted molar refractivity (Wildman–Crippen MR) is 137 cm³/mol. The van der Waals surface area contributed by atoms with E-state index in [1.165, 1.54) is 24.3 Å². The first kappa shape index (κ1) is 25.6. The van der Waals surface area contributed by atoms with E-state index in [9.17, 15) is 14.9 Å². The number of ether oxygens (including phenoxy) is 2. The summed E-state index contributed by atoms with van der Waals surface area (Å²) in [5.74, 6) is 0.541. The van der Waals surface area contributed by atoms with Crippen molar-refractivity contribution in [1.82, 2.24) is 0 Å². The summed E-state index contributed by atoms with van der Waals surface area (Å²) >= 11 is 15.5. The minimum atomic E-state index is -0.615. The van der Waals surface area contributed by atoms with Crippen molar-refractivity contribution >= 4 is 62.5 Å². The molecule has 0 fully saturated rings. The Morgan fingerprint density at radius 1 is 1.12 bits per heavy atom. The number of carbonyl (C=O) groups is 1. The third kappa shape index (κ3) is 6.72. The summed E-state index contributed by atoms with van der Waals surface area (Å²) in [6.07, 6.45) is 2.90. The van der Waals surface area contributed by atoms with E-state index in [1.807, 2.05) is 25.1 Å². The van der Waals surface area contributed by atoms with Gasteiger partial charge in [-0.1, -0.05) is 41.4 Å². The number of nitro groups is 1. The molecule has 0 bridgehead atoms. The van der Waals surface area contributed by atoms with Gasteiger partial charge in [0.25, 0.3) is 5.69 Å². The fourth-order valence-electron chi connectivity index (χ4n) is 2.94. The second-order valence-electron chi connectivity index (χ2n) is 6.89. The highest BCUT2D eigenvalue weighted by Crippen LogP contribution is 2.38. The van der Waals surface area contributed by atoms with Crippen LogP contribution in [0.5, 0.6) is 11.5 Å². The van der Waals surface area contributed by atoms with E-state index in [2.05, 4.69) is 21.2 Å². The Bertz CT molecular complexity index is 1250. The second kappa shape index (κ2) is 11.9. The van der Waals surface area contributed by atoms with Crippen molar-refractivity contribution in [3.8, 4) is 11.5 Å². The lowest BCUT2D eigenvalue weighted by Crippen LogP contribution is -2.08. The van der Waals surface area contributed by atoms with Crippen LogP contribution in [-0.2, 0) is 11.4 Å². The van der Waals surface area contributed by atoms with E-state index in [4.69, 9.17) is 32.7 Å². The van der Waals surface area contributed by atoms with Crippen molar-refractivity contribution in [2.75, 3.05) is 11.9 Å². The number of rotatable bonds is 9. The van der Waals surface area contributed by atoms with E-state index >= 15 is 0 Å². The third-order valence-electron chi connectivity index (χ3n) is 4.50. The maximum atomic E-state index is 12.3. The monoisotopic (exact) mass is 564 g/mol. The highest BCUT2D eigenvalue weighted by molar-refractivity contribution is 9.10. The van der Waals surface area contributed by atoms with E-state index in [1.54, 1.807) is 24.3 Å². The second-order valence-corrected chi connectivity index (χ2v) is 8.56. The summed E-state index contributed by atoms with van der Waals surface area (Å²) in [5, 5.41) is 14.2. The molecule has 3 rings (SSSR count). The lowest BCUT2D eigenvalue weighted by atomic mass is 10.1. The summed E-state index contributed by atoms with van der Waals surface area (Å²) in [6, 6.07) is 14.9. The number of halogens is 3. The number of benzene rings is 3. The first-order valence-electron chi connectivity index (χ1n) is 10.0. The first-order valence-corrected chi connectivity index (χ1v) is 11.6. The molecule has 0 aliphatic rings. The number of hydrogen-bond donors (Lipinski definition) is 1. The Morgan fingerprint density at radius 2 is 1.88 bits per heavy atom. The quantitative estimate of drug-likeness (QED) is 0.167. The average Bonchev–Trinajstić information content (AvgIpc) is 2.79. The Balaban J connectivity index is 1.75. The fourth-order valence-corrected chi connectivity index (χ4v) is 3.89. The Hall–Kier alpha value is -3.07. The van der Waals surface area contributed by atoms with E-state index in [0.29, 0.717) is 33.2 Å². The van der Waals surface area contributed by atoms with Gasteiger partial charge in [-0.25, -0.2) is 0 Å². The zero-order valence-electron chi connectivity index (χ0n) is 17.9. The molecule has 0 aliphatic carbocycles. The lowest BCUT2D eigenvalue weighted by molar-refractivity contribution is -0.384. The van der Waals surface area contributed by atoms with Crippen LogP contribution in [0.25, 0.3) is 6.08 Å². The number of nitrogens with zero attached hydrogens (tertiary/aromatic N) is 1. The zero-order valence-corrected chi connectivity index (χ0v) is 21.0. The van der Waals surface area contributed by atoms with Crippen LogP contribution in [0, 0.1) is 10.1 Å². The molecule has 3 aromatic rings. The normalized spacial score (nSPS) is 10.8. The molecule has 10 heteroatoms. The van der Waals surface area contributed by atoms with Crippen LogP contribution in [0.1, 0.15) is 18.1 Å². The van der Waals surface area contributed by atoms with Crippen LogP contribution in [0.4, 0.5) is 11.4 Å². The third-order valence-corrected chi connectivity index (χ3v) is 5.78. The van der Waals surface area contributed by atoms with Gasteiger partial charge in [0.2, 0.25) is 5.91 Å². The molecule has 0 heterocycles. The smallest absolute Gasteiger partial charge is 0.289 e. The minimum Gasteiger partial charge on any atom is -0.490 e. The maximum Gasteiger partial charge on any atom is 0.289 e. The van der Waals surface area contributed by atoms with Crippen molar-refractivity contribution in [3.63, 3.8) is 0 Å². The SMILES string of the molecule is CCOc1cc(/C=C/C(=O)Nc2ccc(Cl)c([N+](=O)[O-])c2)cc(Br)c1OCc1ccccc1Cl. The van der Waals surface area contributed by atoms with E-state index in [0.717, 1.165) is 5.56 Å². The minimum absolute atomic E-state index is 0.0105. The van der Waals surface area contributed by atoms with Gasteiger partial charge in [0, 0.05) is 28.4 Å². The first-order chi connectivity index (χ1) is 16.3. The molecule has 34 heavy (non-hydrogen) atoms. The topological polar surface area (TPSA) is 90.7 Å². The van der Waals surface area contributed by atoms with Gasteiger partial charge in [-0.05, 0) is 64.8 Å². The summed E-state index contributed by atoms with van der Waals surface area (Å²) in [7, 11) is 0. The average molecular weight is 566 g/mol. The van der Waals surface area contributed by atoms with Gasteiger partial charge >= 0.3 is 0 Å². The molecule has 0 saturated heterocycles. The van der Waals surface area contributed by atoms with Gasteiger partial charge in [-0.15, -0.1) is 0 Å². The fraction of sp³-hybridized carbons (Fsp3) is 0.125. The Morgan fingerprint density at radius 3 is 2.59 bits per heavy atom. The van der Waals surface area contributed by atoms with E-state index in [-0.39, 0.29) is 23.0 Å². The van der Waals surface area contributed by atoms with Crippen LogP contribution >= 0.6 is 39.1 Å². The molecule has 1 amide bonds. The summed E-state index contributed by atoms with van der Waals surface area (Å²) in [4.78, 5) is 22.7. The number of carbonyl (C=O) groups excluding carboxylic acids is 1. The Kier molecular flexibility index (Phi) is 8.92. The number of nitrogens with one attached hydrogen (secondary N) is 1. The molecule has 1 N–H and O–H groups in total. The van der Waals surface area contributed by atoms with Crippen molar-refractivity contribution < 1.29 is 19.2 Å². The van der Waals surface area contributed by atoms with Crippen LogP contribution in [-0.4, -0.2) is 17.4 Å². The molecule has 3 aromatic carbocycles. The predicted octanol–water partition coefficient (Wildman–Crippen LogP) is 7.29. The van der Waals surface area contributed by atoms with Crippen LogP contribution in [0.2, 0.25) is 10.0 Å². The molecule has 0 atom stereocenters. The van der Waals surface area contributed by atoms with Crippen LogP contribution in [0.3, 0.4) is 0 Å². The molecule has 0 unspecified atom stereocenters. The largest absolute Gasteiger partial charge is 0.490 e. The van der Waals surface area contributed by atoms with Crippen molar-refractivity contribution in [2.24, 2.45) is 0 Å². The molecule has 0 radical (unpaired) electrons. The molecule has 0 aliphatic heterocycles. The molecule has 7 nitrogen and oxygen atoms in total. The van der Waals surface area contributed by atoms with Crippen molar-refractivity contribution in [3.05, 3.63) is 96.4 Å². The number of hydrogen-bond acceptors (Lipinski definition) is 5. The highest BCUT2D eigenvalue weighted by atomic mass is 79.9. The lowest BCUT2D eigenvalue weighted by Gasteiger charge is -2.15. The summed E-state index contributed by atoms with van der Waals surface area (Å²) in [6.45, 7) is 2.52.